The number of nitrogens with zero attached hydrogens (tertiary/aromatic N) is 2. The minimum absolute atomic E-state index is 0.297. The Hall–Kier alpha value is -3.39. The van der Waals surface area contributed by atoms with Gasteiger partial charge in [-0.15, -0.1) is 0 Å². The van der Waals surface area contributed by atoms with Gasteiger partial charge in [-0.2, -0.15) is 0 Å². The van der Waals surface area contributed by atoms with Crippen LogP contribution in [0.1, 0.15) is 12.5 Å². The lowest BCUT2D eigenvalue weighted by Gasteiger charge is -2.02. The van der Waals surface area contributed by atoms with Gasteiger partial charge < -0.3 is 26.6 Å². The highest BCUT2D eigenvalue weighted by atomic mass is 32.1. The standard InChI is InChI=1S/C19H18N6OS/c1-2-23-19-25-14-5-3-4-11(17(14)27-19)15-6-12-13(10(7-20)8-21)9-24-18(22)16(12)26-15/h3-9,20H,2,21H2,1H3,(H2,22,24)(H,23,25)/b10-8+,20-7?. The third kappa shape index (κ3) is 2.80. The minimum atomic E-state index is 0.297. The van der Waals surface area contributed by atoms with Crippen LogP contribution in [0.2, 0.25) is 0 Å². The number of anilines is 2. The SMILES string of the molecule is CCNc1nc2cccc(-c3cc4c(/C(C=N)=C/N)cnc(N)c4o3)c2s1. The van der Waals surface area contributed by atoms with E-state index in [1.807, 2.05) is 31.2 Å². The predicted octanol–water partition coefficient (Wildman–Crippen LogP) is 4.07. The van der Waals surface area contributed by atoms with E-state index < -0.39 is 0 Å². The molecule has 0 spiro atoms. The third-order valence-corrected chi connectivity index (χ3v) is 5.30. The molecule has 136 valence electrons. The van der Waals surface area contributed by atoms with Crippen molar-refractivity contribution in [3.05, 3.63) is 42.2 Å². The molecule has 0 saturated heterocycles. The fourth-order valence-corrected chi connectivity index (χ4v) is 4.04. The molecule has 0 aliphatic carbocycles. The first-order chi connectivity index (χ1) is 13.2. The van der Waals surface area contributed by atoms with E-state index >= 15 is 0 Å². The maximum Gasteiger partial charge on any atom is 0.183 e. The average molecular weight is 378 g/mol. The van der Waals surface area contributed by atoms with Crippen LogP contribution in [-0.4, -0.2) is 22.7 Å². The van der Waals surface area contributed by atoms with Crippen molar-refractivity contribution in [1.82, 2.24) is 9.97 Å². The molecule has 1 aromatic carbocycles. The number of nitrogens with one attached hydrogen (secondary N) is 2. The molecule has 0 saturated carbocycles. The molecule has 0 aliphatic rings. The molecular weight excluding hydrogens is 360 g/mol. The van der Waals surface area contributed by atoms with Crippen LogP contribution in [0.3, 0.4) is 0 Å². The Morgan fingerprint density at radius 3 is 3.00 bits per heavy atom. The Balaban J connectivity index is 1.95. The maximum atomic E-state index is 7.57. The summed E-state index contributed by atoms with van der Waals surface area (Å²) < 4.78 is 7.10. The zero-order valence-electron chi connectivity index (χ0n) is 14.6. The number of hydrogen-bond donors (Lipinski definition) is 4. The number of furan rings is 1. The lowest BCUT2D eigenvalue weighted by molar-refractivity contribution is 0.632. The number of rotatable bonds is 5. The van der Waals surface area contributed by atoms with Crippen LogP contribution >= 0.6 is 11.3 Å². The van der Waals surface area contributed by atoms with E-state index in [9.17, 15) is 0 Å². The molecule has 0 radical (unpaired) electrons. The molecule has 7 nitrogen and oxygen atoms in total. The van der Waals surface area contributed by atoms with Crippen molar-refractivity contribution in [3.8, 4) is 11.3 Å². The van der Waals surface area contributed by atoms with E-state index in [0.717, 1.165) is 32.8 Å². The van der Waals surface area contributed by atoms with Gasteiger partial charge in [0.2, 0.25) is 0 Å². The number of allylic oxidation sites excluding steroid dienone is 1. The lowest BCUT2D eigenvalue weighted by atomic mass is 10.0. The van der Waals surface area contributed by atoms with E-state index in [0.29, 0.717) is 28.3 Å². The van der Waals surface area contributed by atoms with Crippen molar-refractivity contribution in [2.45, 2.75) is 6.92 Å². The fraction of sp³-hybridized carbons (Fsp3) is 0.105. The van der Waals surface area contributed by atoms with Gasteiger partial charge in [0, 0.05) is 47.2 Å². The van der Waals surface area contributed by atoms with Crippen molar-refractivity contribution < 1.29 is 4.42 Å². The van der Waals surface area contributed by atoms with Crippen molar-refractivity contribution in [2.75, 3.05) is 17.6 Å². The largest absolute Gasteiger partial charge is 0.452 e. The molecule has 3 aromatic heterocycles. The van der Waals surface area contributed by atoms with Gasteiger partial charge in [0.05, 0.1) is 10.2 Å². The predicted molar refractivity (Wildman–Crippen MR) is 112 cm³/mol. The first-order valence-corrected chi connectivity index (χ1v) is 9.22. The highest BCUT2D eigenvalue weighted by molar-refractivity contribution is 7.22. The van der Waals surface area contributed by atoms with Gasteiger partial charge in [-0.1, -0.05) is 17.4 Å². The third-order valence-electron chi connectivity index (χ3n) is 4.24. The number of thiazole rings is 1. The monoisotopic (exact) mass is 378 g/mol. The van der Waals surface area contributed by atoms with Crippen molar-refractivity contribution in [2.24, 2.45) is 5.73 Å². The average Bonchev–Trinajstić information content (AvgIpc) is 3.29. The van der Waals surface area contributed by atoms with Gasteiger partial charge in [-0.3, -0.25) is 0 Å². The molecule has 0 unspecified atom stereocenters. The molecule has 0 aliphatic heterocycles. The van der Waals surface area contributed by atoms with Gasteiger partial charge in [0.1, 0.15) is 5.76 Å². The Morgan fingerprint density at radius 1 is 1.41 bits per heavy atom. The summed E-state index contributed by atoms with van der Waals surface area (Å²) in [6, 6.07) is 7.83. The molecule has 0 atom stereocenters. The number of aromatic nitrogens is 2. The van der Waals surface area contributed by atoms with Crippen LogP contribution < -0.4 is 16.8 Å². The molecule has 6 N–H and O–H groups in total. The number of hydrogen-bond acceptors (Lipinski definition) is 8. The second-order valence-corrected chi connectivity index (χ2v) is 6.88. The van der Waals surface area contributed by atoms with E-state index in [2.05, 4.69) is 15.3 Å². The van der Waals surface area contributed by atoms with E-state index in [-0.39, 0.29) is 0 Å². The summed E-state index contributed by atoms with van der Waals surface area (Å²) in [5.41, 5.74) is 15.2. The maximum absolute atomic E-state index is 7.57. The quantitative estimate of drug-likeness (QED) is 0.388. The molecule has 0 amide bonds. The van der Waals surface area contributed by atoms with Crippen LogP contribution in [0.4, 0.5) is 10.9 Å². The summed E-state index contributed by atoms with van der Waals surface area (Å²) in [4.78, 5) is 8.79. The summed E-state index contributed by atoms with van der Waals surface area (Å²) in [5, 5.41) is 12.5. The van der Waals surface area contributed by atoms with E-state index in [1.165, 1.54) is 12.4 Å². The summed E-state index contributed by atoms with van der Waals surface area (Å²) in [6.07, 6.45) is 4.17. The Morgan fingerprint density at radius 2 is 2.26 bits per heavy atom. The zero-order chi connectivity index (χ0) is 19.0. The Labute approximate surface area is 159 Å². The van der Waals surface area contributed by atoms with E-state index in [1.54, 1.807) is 17.5 Å². The summed E-state index contributed by atoms with van der Waals surface area (Å²) in [6.45, 7) is 2.85. The zero-order valence-corrected chi connectivity index (χ0v) is 15.4. The van der Waals surface area contributed by atoms with Gasteiger partial charge in [-0.05, 0) is 25.1 Å². The molecular formula is C19H18N6OS. The normalized spacial score (nSPS) is 12.0. The number of benzene rings is 1. The molecule has 4 aromatic rings. The Kier molecular flexibility index (Phi) is 4.25. The molecule has 8 heteroatoms. The minimum Gasteiger partial charge on any atom is -0.452 e. The van der Waals surface area contributed by atoms with E-state index in [4.69, 9.17) is 21.3 Å². The van der Waals surface area contributed by atoms with Gasteiger partial charge in [0.25, 0.3) is 0 Å². The molecule has 27 heavy (non-hydrogen) atoms. The van der Waals surface area contributed by atoms with Gasteiger partial charge >= 0.3 is 0 Å². The molecule has 4 rings (SSSR count). The molecule has 0 bridgehead atoms. The van der Waals surface area contributed by atoms with Crippen LogP contribution in [-0.2, 0) is 0 Å². The van der Waals surface area contributed by atoms with Crippen molar-refractivity contribution in [3.63, 3.8) is 0 Å². The van der Waals surface area contributed by atoms with Gasteiger partial charge in [0.15, 0.2) is 16.5 Å². The molecule has 0 fully saturated rings. The van der Waals surface area contributed by atoms with Crippen LogP contribution in [0, 0.1) is 5.41 Å². The highest BCUT2D eigenvalue weighted by Crippen LogP contribution is 2.39. The number of fused-ring (bicyclic) bond motifs is 2. The molecule has 3 heterocycles. The number of pyridine rings is 1. The second kappa shape index (κ2) is 6.73. The first-order valence-electron chi connectivity index (χ1n) is 8.40. The van der Waals surface area contributed by atoms with Crippen LogP contribution in [0.25, 0.3) is 38.1 Å². The van der Waals surface area contributed by atoms with Crippen molar-refractivity contribution >= 4 is 55.3 Å². The smallest absolute Gasteiger partial charge is 0.183 e. The van der Waals surface area contributed by atoms with Gasteiger partial charge in [-0.25, -0.2) is 9.97 Å². The lowest BCUT2D eigenvalue weighted by Crippen LogP contribution is -1.96. The first kappa shape index (κ1) is 17.0. The number of nitrogens with two attached hydrogens (primary N) is 2. The topological polar surface area (TPSA) is 127 Å². The Bertz CT molecular complexity index is 1190. The summed E-state index contributed by atoms with van der Waals surface area (Å²) in [7, 11) is 0. The van der Waals surface area contributed by atoms with Crippen LogP contribution in [0.15, 0.2) is 41.1 Å². The number of nitrogen functional groups attached to an aromatic ring is 1. The summed E-state index contributed by atoms with van der Waals surface area (Å²) in [5.74, 6) is 0.968. The highest BCUT2D eigenvalue weighted by Gasteiger charge is 2.17. The summed E-state index contributed by atoms with van der Waals surface area (Å²) >= 11 is 1.58. The van der Waals surface area contributed by atoms with Crippen LogP contribution in [0.5, 0.6) is 0 Å². The fourth-order valence-electron chi connectivity index (χ4n) is 2.99. The second-order valence-electron chi connectivity index (χ2n) is 5.88. The van der Waals surface area contributed by atoms with Crippen molar-refractivity contribution in [1.29, 1.82) is 5.41 Å².